The standard InChI is InChI=1S/C28H22F4N8O2S/c1-16-2-3-19(39-43(41,42)15-20-11-18(4-7-34-20)28(30,31)32)12-21(16)22-10-17-13-36-27(37-24-5-6-33-14-23(24)29)38-25(17)40-9-8-35-26(22)40/h2-7,10-14,35,39H,8-9,15H2,1H3. The summed E-state index contributed by atoms with van der Waals surface area (Å²) in [6.07, 6.45) is 0.373. The number of pyridine rings is 3. The van der Waals surface area contributed by atoms with Crippen LogP contribution in [0.4, 0.5) is 34.8 Å². The molecule has 2 aromatic heterocycles. The normalized spacial score (nSPS) is 13.7. The van der Waals surface area contributed by atoms with Gasteiger partial charge in [0, 0.05) is 48.5 Å². The molecule has 2 N–H and O–H groups in total. The summed E-state index contributed by atoms with van der Waals surface area (Å²) in [5, 5.41) is 3.35. The third kappa shape index (κ3) is 5.88. The van der Waals surface area contributed by atoms with Gasteiger partial charge in [0.05, 0.1) is 17.5 Å². The Balaban J connectivity index is 1.35. The molecular weight excluding hydrogens is 588 g/mol. The van der Waals surface area contributed by atoms with Gasteiger partial charge in [0.1, 0.15) is 23.1 Å². The highest BCUT2D eigenvalue weighted by Crippen LogP contribution is 2.39. The Morgan fingerprint density at radius 2 is 1.88 bits per heavy atom. The molecule has 0 unspecified atom stereocenters. The molecular formula is C28H22F4N8O2S. The van der Waals surface area contributed by atoms with Crippen LogP contribution in [0.15, 0.2) is 72.2 Å². The maximum absolute atomic E-state index is 14.1. The summed E-state index contributed by atoms with van der Waals surface area (Å²) in [4.78, 5) is 20.6. The molecule has 0 saturated carbocycles. The zero-order chi connectivity index (χ0) is 30.4. The van der Waals surface area contributed by atoms with Crippen LogP contribution >= 0.6 is 0 Å². The zero-order valence-electron chi connectivity index (χ0n) is 22.4. The van der Waals surface area contributed by atoms with Gasteiger partial charge in [-0.25, -0.2) is 22.8 Å². The number of alkyl halides is 3. The van der Waals surface area contributed by atoms with Crippen LogP contribution in [0.1, 0.15) is 16.8 Å². The number of aromatic nitrogens is 5. The van der Waals surface area contributed by atoms with E-state index < -0.39 is 33.3 Å². The van der Waals surface area contributed by atoms with Crippen molar-refractivity contribution in [2.45, 2.75) is 25.4 Å². The second kappa shape index (κ2) is 10.7. The van der Waals surface area contributed by atoms with Crippen LogP contribution in [0.25, 0.3) is 22.5 Å². The number of benzene rings is 1. The molecule has 15 heteroatoms. The van der Waals surface area contributed by atoms with Gasteiger partial charge in [0.15, 0.2) is 5.82 Å². The van der Waals surface area contributed by atoms with Gasteiger partial charge in [-0.05, 0) is 54.4 Å². The number of sulfonamides is 1. The van der Waals surface area contributed by atoms with Crippen LogP contribution < -0.4 is 15.7 Å². The minimum atomic E-state index is -4.62. The van der Waals surface area contributed by atoms with Gasteiger partial charge in [-0.3, -0.25) is 14.7 Å². The molecule has 0 radical (unpaired) electrons. The van der Waals surface area contributed by atoms with Gasteiger partial charge in [-0.15, -0.1) is 0 Å². The SMILES string of the molecule is Cc1ccc(NS(=O)(=O)Cc2cc(C(F)(F)F)ccn2)cc1-c1cc2cnc(=Nc3ccncc3F)nc-2n2c1NCC2. The minimum absolute atomic E-state index is 0.0597. The van der Waals surface area contributed by atoms with E-state index >= 15 is 0 Å². The number of hydrogen-bond acceptors (Lipinski definition) is 8. The fourth-order valence-electron chi connectivity index (χ4n) is 4.81. The minimum Gasteiger partial charge on any atom is -0.369 e. The number of halogens is 4. The first kappa shape index (κ1) is 28.2. The number of aryl methyl sites for hydroxylation is 1. The highest BCUT2D eigenvalue weighted by Gasteiger charge is 2.31. The Morgan fingerprint density at radius 3 is 2.67 bits per heavy atom. The average Bonchev–Trinajstić information content (AvgIpc) is 3.45. The molecule has 0 bridgehead atoms. The average molecular weight is 611 g/mol. The first-order valence-corrected chi connectivity index (χ1v) is 14.5. The van der Waals surface area contributed by atoms with E-state index in [1.165, 1.54) is 12.3 Å². The summed E-state index contributed by atoms with van der Waals surface area (Å²) in [5.41, 5.74) is 2.15. The lowest BCUT2D eigenvalue weighted by Gasteiger charge is -2.19. The molecule has 0 spiro atoms. The number of hydrogen-bond donors (Lipinski definition) is 2. The van der Waals surface area contributed by atoms with E-state index in [9.17, 15) is 26.0 Å². The Hall–Kier alpha value is -4.92. The van der Waals surface area contributed by atoms with Gasteiger partial charge in [0.2, 0.25) is 10.0 Å². The van der Waals surface area contributed by atoms with Crippen LogP contribution in [-0.4, -0.2) is 39.5 Å². The molecule has 3 aromatic rings. The number of anilines is 2. The van der Waals surface area contributed by atoms with Gasteiger partial charge in [-0.2, -0.15) is 18.2 Å². The van der Waals surface area contributed by atoms with Gasteiger partial charge in [-0.1, -0.05) is 6.07 Å². The van der Waals surface area contributed by atoms with E-state index in [0.29, 0.717) is 30.0 Å². The number of nitrogens with one attached hydrogen (secondary N) is 2. The van der Waals surface area contributed by atoms with E-state index in [2.05, 4.69) is 35.0 Å². The van der Waals surface area contributed by atoms with E-state index in [0.717, 1.165) is 41.5 Å². The smallest absolute Gasteiger partial charge is 0.369 e. The molecule has 5 heterocycles. The van der Waals surface area contributed by atoms with Crippen molar-refractivity contribution in [3.63, 3.8) is 0 Å². The predicted octanol–water partition coefficient (Wildman–Crippen LogP) is 4.91. The van der Waals surface area contributed by atoms with Crippen molar-refractivity contribution in [3.05, 3.63) is 95.5 Å². The predicted molar refractivity (Wildman–Crippen MR) is 150 cm³/mol. The van der Waals surface area contributed by atoms with Crippen LogP contribution in [0.3, 0.4) is 0 Å². The lowest BCUT2D eigenvalue weighted by atomic mass is 9.98. The lowest BCUT2D eigenvalue weighted by Crippen LogP contribution is -2.18. The maximum Gasteiger partial charge on any atom is 0.416 e. The third-order valence-corrected chi connectivity index (χ3v) is 7.97. The van der Waals surface area contributed by atoms with Crippen LogP contribution in [-0.2, 0) is 28.5 Å². The largest absolute Gasteiger partial charge is 0.416 e. The first-order chi connectivity index (χ1) is 20.5. The zero-order valence-corrected chi connectivity index (χ0v) is 23.2. The summed E-state index contributed by atoms with van der Waals surface area (Å²) in [5.74, 6) is -0.0199. The van der Waals surface area contributed by atoms with Crippen molar-refractivity contribution in [2.24, 2.45) is 4.99 Å². The van der Waals surface area contributed by atoms with E-state index in [1.807, 2.05) is 17.6 Å². The van der Waals surface area contributed by atoms with E-state index in [4.69, 9.17) is 0 Å². The number of nitrogens with zero attached hydrogens (tertiary/aromatic N) is 6. The molecule has 3 aliphatic heterocycles. The van der Waals surface area contributed by atoms with Crippen LogP contribution in [0.5, 0.6) is 0 Å². The van der Waals surface area contributed by atoms with Crippen molar-refractivity contribution in [2.75, 3.05) is 16.6 Å². The Labute approximate surface area is 242 Å². The summed E-state index contributed by atoms with van der Waals surface area (Å²) < 4.78 is 83.5. The van der Waals surface area contributed by atoms with Gasteiger partial charge >= 0.3 is 6.18 Å². The summed E-state index contributed by atoms with van der Waals surface area (Å²) in [7, 11) is -4.10. The molecule has 0 saturated heterocycles. The van der Waals surface area contributed by atoms with Crippen molar-refractivity contribution >= 4 is 27.2 Å². The molecule has 1 aromatic carbocycles. The molecule has 0 atom stereocenters. The number of fused-ring (bicyclic) bond motifs is 3. The number of rotatable bonds is 6. The second-order valence-corrected chi connectivity index (χ2v) is 11.5. The topological polar surface area (TPSA) is 127 Å². The molecule has 43 heavy (non-hydrogen) atoms. The fraction of sp³-hybridized carbons (Fsp3) is 0.179. The maximum atomic E-state index is 14.1. The van der Waals surface area contributed by atoms with Crippen molar-refractivity contribution in [1.82, 2.24) is 24.5 Å². The fourth-order valence-corrected chi connectivity index (χ4v) is 5.91. The monoisotopic (exact) mass is 610 g/mol. The second-order valence-electron chi connectivity index (χ2n) is 9.80. The summed E-state index contributed by atoms with van der Waals surface area (Å²) in [6.45, 7) is 3.06. The van der Waals surface area contributed by atoms with Gasteiger partial charge in [0.25, 0.3) is 5.62 Å². The molecule has 0 aliphatic carbocycles. The molecule has 3 aliphatic rings. The van der Waals surface area contributed by atoms with Crippen molar-refractivity contribution in [3.8, 4) is 22.5 Å². The Kier molecular flexibility index (Phi) is 7.04. The summed E-state index contributed by atoms with van der Waals surface area (Å²) >= 11 is 0. The molecule has 0 amide bonds. The van der Waals surface area contributed by atoms with Crippen LogP contribution in [0.2, 0.25) is 0 Å². The highest BCUT2D eigenvalue weighted by molar-refractivity contribution is 7.91. The molecule has 10 nitrogen and oxygen atoms in total. The van der Waals surface area contributed by atoms with E-state index in [-0.39, 0.29) is 22.7 Å². The quantitative estimate of drug-likeness (QED) is 0.262. The summed E-state index contributed by atoms with van der Waals surface area (Å²) in [6, 6.07) is 9.77. The first-order valence-electron chi connectivity index (χ1n) is 12.9. The Bertz CT molecular complexity index is 2010. The molecule has 220 valence electrons. The Morgan fingerprint density at radius 1 is 1.05 bits per heavy atom. The van der Waals surface area contributed by atoms with Gasteiger partial charge < -0.3 is 9.88 Å². The molecule has 0 fully saturated rings. The van der Waals surface area contributed by atoms with E-state index in [1.54, 1.807) is 24.4 Å². The highest BCUT2D eigenvalue weighted by atomic mass is 32.2. The lowest BCUT2D eigenvalue weighted by molar-refractivity contribution is -0.137. The van der Waals surface area contributed by atoms with Crippen molar-refractivity contribution in [1.29, 1.82) is 0 Å². The third-order valence-electron chi connectivity index (χ3n) is 6.75. The molecule has 6 rings (SSSR count). The van der Waals surface area contributed by atoms with Crippen LogP contribution in [0, 0.1) is 12.7 Å². The van der Waals surface area contributed by atoms with Crippen molar-refractivity contribution < 1.29 is 26.0 Å².